The second-order valence-corrected chi connectivity index (χ2v) is 6.06. The summed E-state index contributed by atoms with van der Waals surface area (Å²) in [5, 5.41) is 6.89. The van der Waals surface area contributed by atoms with Crippen LogP contribution in [0.25, 0.3) is 0 Å². The van der Waals surface area contributed by atoms with Gasteiger partial charge in [0, 0.05) is 24.7 Å². The first-order chi connectivity index (χ1) is 12.1. The number of aryl methyl sites for hydroxylation is 1. The van der Waals surface area contributed by atoms with Crippen LogP contribution in [0.1, 0.15) is 35.9 Å². The maximum atomic E-state index is 12.6. The SMILES string of the molecule is COc1ccc(OC)c(CNC(=O)N2CCC[C@@H]2c2cc(C)no2)c1. The van der Waals surface area contributed by atoms with Gasteiger partial charge in [0.1, 0.15) is 11.5 Å². The van der Waals surface area contributed by atoms with E-state index in [0.29, 0.717) is 18.8 Å². The Kier molecular flexibility index (Phi) is 5.11. The van der Waals surface area contributed by atoms with Gasteiger partial charge in [0.25, 0.3) is 0 Å². The number of benzene rings is 1. The Labute approximate surface area is 146 Å². The standard InChI is InChI=1S/C18H23N3O4/c1-12-9-17(25-20-12)15-5-4-8-21(15)18(22)19-11-13-10-14(23-2)6-7-16(13)24-3/h6-7,9-10,15H,4-5,8,11H2,1-3H3,(H,19,22)/t15-/m1/s1. The van der Waals surface area contributed by atoms with E-state index < -0.39 is 0 Å². The number of hydrogen-bond donors (Lipinski definition) is 1. The Morgan fingerprint density at radius 3 is 2.88 bits per heavy atom. The first-order valence-electron chi connectivity index (χ1n) is 8.31. The van der Waals surface area contributed by atoms with Gasteiger partial charge in [-0.25, -0.2) is 4.79 Å². The molecule has 1 atom stereocenters. The van der Waals surface area contributed by atoms with Crippen molar-refractivity contribution in [3.05, 3.63) is 41.3 Å². The molecular formula is C18H23N3O4. The van der Waals surface area contributed by atoms with E-state index >= 15 is 0 Å². The maximum absolute atomic E-state index is 12.6. The number of ether oxygens (including phenoxy) is 2. The molecule has 0 bridgehead atoms. The monoisotopic (exact) mass is 345 g/mol. The summed E-state index contributed by atoms with van der Waals surface area (Å²) in [4.78, 5) is 14.4. The van der Waals surface area contributed by atoms with E-state index in [-0.39, 0.29) is 12.1 Å². The molecule has 7 heteroatoms. The maximum Gasteiger partial charge on any atom is 0.318 e. The van der Waals surface area contributed by atoms with E-state index in [0.717, 1.165) is 35.6 Å². The molecule has 0 radical (unpaired) electrons. The molecule has 1 aromatic heterocycles. The zero-order chi connectivity index (χ0) is 17.8. The second kappa shape index (κ2) is 7.46. The molecular weight excluding hydrogens is 322 g/mol. The van der Waals surface area contributed by atoms with E-state index in [1.807, 2.05) is 31.2 Å². The third-order valence-electron chi connectivity index (χ3n) is 4.41. The van der Waals surface area contributed by atoms with Crippen molar-refractivity contribution in [1.82, 2.24) is 15.4 Å². The molecule has 3 rings (SSSR count). The highest BCUT2D eigenvalue weighted by molar-refractivity contribution is 5.75. The van der Waals surface area contributed by atoms with Crippen molar-refractivity contribution in [2.24, 2.45) is 0 Å². The highest BCUT2D eigenvalue weighted by atomic mass is 16.5. The number of methoxy groups -OCH3 is 2. The quantitative estimate of drug-likeness (QED) is 0.901. The molecule has 0 saturated carbocycles. The molecule has 2 aromatic rings. The summed E-state index contributed by atoms with van der Waals surface area (Å²) in [7, 11) is 3.22. The lowest BCUT2D eigenvalue weighted by molar-refractivity contribution is 0.182. The Morgan fingerprint density at radius 1 is 1.36 bits per heavy atom. The Hall–Kier alpha value is -2.70. The molecule has 25 heavy (non-hydrogen) atoms. The van der Waals surface area contributed by atoms with Gasteiger partial charge < -0.3 is 24.2 Å². The first-order valence-corrected chi connectivity index (χ1v) is 8.31. The van der Waals surface area contributed by atoms with E-state index in [1.165, 1.54) is 0 Å². The fourth-order valence-electron chi connectivity index (χ4n) is 3.14. The van der Waals surface area contributed by atoms with E-state index in [9.17, 15) is 4.79 Å². The average Bonchev–Trinajstić information content (AvgIpc) is 3.28. The molecule has 2 amide bonds. The summed E-state index contributed by atoms with van der Waals surface area (Å²) >= 11 is 0. The zero-order valence-electron chi connectivity index (χ0n) is 14.7. The molecule has 1 N–H and O–H groups in total. The Balaban J connectivity index is 1.68. The molecule has 0 spiro atoms. The minimum Gasteiger partial charge on any atom is -0.497 e. The van der Waals surface area contributed by atoms with Crippen LogP contribution < -0.4 is 14.8 Å². The predicted octanol–water partition coefficient (Wildman–Crippen LogP) is 3.05. The first kappa shape index (κ1) is 17.1. The van der Waals surface area contributed by atoms with Crippen molar-refractivity contribution in [1.29, 1.82) is 0 Å². The molecule has 2 heterocycles. The average molecular weight is 345 g/mol. The molecule has 1 saturated heterocycles. The topological polar surface area (TPSA) is 76.8 Å². The van der Waals surface area contributed by atoms with Gasteiger partial charge in [0.2, 0.25) is 0 Å². The number of nitrogens with zero attached hydrogens (tertiary/aromatic N) is 2. The van der Waals surface area contributed by atoms with Crippen LogP contribution in [0.5, 0.6) is 11.5 Å². The van der Waals surface area contributed by atoms with Gasteiger partial charge in [-0.15, -0.1) is 0 Å². The van der Waals surface area contributed by atoms with Gasteiger partial charge in [-0.2, -0.15) is 0 Å². The van der Waals surface area contributed by atoms with Crippen LogP contribution in [0.2, 0.25) is 0 Å². The van der Waals surface area contributed by atoms with Gasteiger partial charge in [-0.3, -0.25) is 0 Å². The smallest absolute Gasteiger partial charge is 0.318 e. The summed E-state index contributed by atoms with van der Waals surface area (Å²) in [6, 6.07) is 7.22. The number of rotatable bonds is 5. The summed E-state index contributed by atoms with van der Waals surface area (Å²) in [6.07, 6.45) is 1.82. The fourth-order valence-corrected chi connectivity index (χ4v) is 3.14. The minimum absolute atomic E-state index is 0.0617. The largest absolute Gasteiger partial charge is 0.497 e. The third-order valence-corrected chi connectivity index (χ3v) is 4.41. The third kappa shape index (κ3) is 3.70. The number of carbonyl (C=O) groups is 1. The predicted molar refractivity (Wildman–Crippen MR) is 91.7 cm³/mol. The van der Waals surface area contributed by atoms with Crippen molar-refractivity contribution in [2.45, 2.75) is 32.4 Å². The van der Waals surface area contributed by atoms with Gasteiger partial charge in [0.15, 0.2) is 5.76 Å². The molecule has 1 fully saturated rings. The normalized spacial score (nSPS) is 16.8. The van der Waals surface area contributed by atoms with Crippen molar-refractivity contribution in [3.63, 3.8) is 0 Å². The molecule has 7 nitrogen and oxygen atoms in total. The molecule has 0 aliphatic carbocycles. The lowest BCUT2D eigenvalue weighted by Crippen LogP contribution is -2.39. The molecule has 0 unspecified atom stereocenters. The van der Waals surface area contributed by atoms with Crippen molar-refractivity contribution < 1.29 is 18.8 Å². The zero-order valence-corrected chi connectivity index (χ0v) is 14.7. The van der Waals surface area contributed by atoms with Crippen LogP contribution in [0.15, 0.2) is 28.8 Å². The van der Waals surface area contributed by atoms with Crippen molar-refractivity contribution in [3.8, 4) is 11.5 Å². The molecule has 1 aliphatic heterocycles. The van der Waals surface area contributed by atoms with Crippen LogP contribution >= 0.6 is 0 Å². The summed E-state index contributed by atoms with van der Waals surface area (Å²) in [6.45, 7) is 2.94. The number of carbonyl (C=O) groups excluding carboxylic acids is 1. The molecule has 1 aromatic carbocycles. The van der Waals surface area contributed by atoms with E-state index in [4.69, 9.17) is 14.0 Å². The van der Waals surface area contributed by atoms with Crippen molar-refractivity contribution >= 4 is 6.03 Å². The summed E-state index contributed by atoms with van der Waals surface area (Å²) in [5.74, 6) is 2.18. The number of nitrogens with one attached hydrogen (secondary N) is 1. The number of hydrogen-bond acceptors (Lipinski definition) is 5. The molecule has 134 valence electrons. The van der Waals surface area contributed by atoms with Crippen LogP contribution in [0.4, 0.5) is 4.79 Å². The summed E-state index contributed by atoms with van der Waals surface area (Å²) in [5.41, 5.74) is 1.69. The summed E-state index contributed by atoms with van der Waals surface area (Å²) < 4.78 is 15.9. The van der Waals surface area contributed by atoms with Crippen molar-refractivity contribution in [2.75, 3.05) is 20.8 Å². The minimum atomic E-state index is -0.124. The number of likely N-dealkylation sites (tertiary alicyclic amines) is 1. The van der Waals surface area contributed by atoms with Gasteiger partial charge in [0.05, 0.1) is 26.0 Å². The van der Waals surface area contributed by atoms with Crippen LogP contribution in [0, 0.1) is 6.92 Å². The van der Waals surface area contributed by atoms with E-state index in [2.05, 4.69) is 10.5 Å². The van der Waals surface area contributed by atoms with Crippen LogP contribution in [0.3, 0.4) is 0 Å². The van der Waals surface area contributed by atoms with Crippen LogP contribution in [-0.4, -0.2) is 36.9 Å². The number of aromatic nitrogens is 1. The molecule has 1 aliphatic rings. The fraction of sp³-hybridized carbons (Fsp3) is 0.444. The van der Waals surface area contributed by atoms with Gasteiger partial charge in [-0.1, -0.05) is 5.16 Å². The second-order valence-electron chi connectivity index (χ2n) is 6.06. The van der Waals surface area contributed by atoms with E-state index in [1.54, 1.807) is 19.1 Å². The number of urea groups is 1. The lowest BCUT2D eigenvalue weighted by Gasteiger charge is -2.23. The number of amides is 2. The van der Waals surface area contributed by atoms with Crippen LogP contribution in [-0.2, 0) is 6.54 Å². The lowest BCUT2D eigenvalue weighted by atomic mass is 10.1. The highest BCUT2D eigenvalue weighted by Crippen LogP contribution is 2.32. The van der Waals surface area contributed by atoms with Gasteiger partial charge in [-0.05, 0) is 38.0 Å². The Morgan fingerprint density at radius 2 is 2.20 bits per heavy atom. The highest BCUT2D eigenvalue weighted by Gasteiger charge is 2.32. The van der Waals surface area contributed by atoms with Gasteiger partial charge >= 0.3 is 6.03 Å². The Bertz CT molecular complexity index is 744.